The zero-order valence-electron chi connectivity index (χ0n) is 15.3. The summed E-state index contributed by atoms with van der Waals surface area (Å²) in [6, 6.07) is 11.0. The van der Waals surface area contributed by atoms with Crippen LogP contribution in [0.5, 0.6) is 0 Å². The number of carbonyl (C=O) groups excluding carboxylic acids is 2. The molecule has 2 heterocycles. The summed E-state index contributed by atoms with van der Waals surface area (Å²) in [4.78, 5) is 36.4. The van der Waals surface area contributed by atoms with Crippen molar-refractivity contribution in [2.24, 2.45) is 11.5 Å². The molecule has 0 aliphatic rings. The molecule has 0 fully saturated rings. The van der Waals surface area contributed by atoms with Crippen LogP contribution in [0.1, 0.15) is 26.5 Å². The molecule has 11 heteroatoms. The van der Waals surface area contributed by atoms with Gasteiger partial charge in [0.05, 0.1) is 11.1 Å². The number of nitrogens with one attached hydrogen (secondary N) is 1. The molecule has 2 aromatic carbocycles. The summed E-state index contributed by atoms with van der Waals surface area (Å²) >= 11 is 1.05. The average Bonchev–Trinajstić information content (AvgIpc) is 3.16. The van der Waals surface area contributed by atoms with Crippen LogP contribution < -0.4 is 16.8 Å². The Bertz CT molecular complexity index is 1290. The fourth-order valence-corrected chi connectivity index (χ4v) is 3.64. The van der Waals surface area contributed by atoms with E-state index in [-0.39, 0.29) is 35.5 Å². The van der Waals surface area contributed by atoms with Crippen LogP contribution in [0, 0.1) is 5.82 Å². The Labute approximate surface area is 173 Å². The number of carbonyl (C=O) groups is 2. The smallest absolute Gasteiger partial charge is 0.286 e. The molecule has 0 atom stereocenters. The Morgan fingerprint density at radius 3 is 2.57 bits per heavy atom. The van der Waals surface area contributed by atoms with Gasteiger partial charge in [0.15, 0.2) is 5.82 Å². The number of halogens is 1. The summed E-state index contributed by atoms with van der Waals surface area (Å²) in [5, 5.41) is 3.54. The number of hydrogen-bond donors (Lipinski definition) is 3. The third-order valence-corrected chi connectivity index (χ3v) is 5.03. The SMILES string of the molecule is NC(=O)c1nc(NCc2cccc(F)c2)nc(-c2snc3c(C(N)=O)cccc23)n1. The third kappa shape index (κ3) is 3.78. The monoisotopic (exact) mass is 423 g/mol. The van der Waals surface area contributed by atoms with E-state index in [9.17, 15) is 14.0 Å². The van der Waals surface area contributed by atoms with Gasteiger partial charge < -0.3 is 16.8 Å². The van der Waals surface area contributed by atoms with Gasteiger partial charge in [-0.2, -0.15) is 14.3 Å². The van der Waals surface area contributed by atoms with Crippen molar-refractivity contribution < 1.29 is 14.0 Å². The molecule has 5 N–H and O–H groups in total. The Balaban J connectivity index is 1.75. The molecule has 2 amide bonds. The minimum atomic E-state index is -0.834. The fraction of sp³-hybridized carbons (Fsp3) is 0.0526. The lowest BCUT2D eigenvalue weighted by molar-refractivity contribution is 0.0986. The van der Waals surface area contributed by atoms with Gasteiger partial charge in [0.2, 0.25) is 11.8 Å². The van der Waals surface area contributed by atoms with Gasteiger partial charge in [0.25, 0.3) is 11.8 Å². The van der Waals surface area contributed by atoms with E-state index in [0.29, 0.717) is 21.3 Å². The second-order valence-corrected chi connectivity index (χ2v) is 7.01. The van der Waals surface area contributed by atoms with E-state index in [2.05, 4.69) is 24.6 Å². The number of benzene rings is 2. The van der Waals surface area contributed by atoms with Crippen LogP contribution in [0.15, 0.2) is 42.5 Å². The zero-order valence-corrected chi connectivity index (χ0v) is 16.1. The van der Waals surface area contributed by atoms with Gasteiger partial charge in [-0.3, -0.25) is 9.59 Å². The molecule has 150 valence electrons. The molecule has 0 radical (unpaired) electrons. The van der Waals surface area contributed by atoms with Crippen molar-refractivity contribution in [2.75, 3.05) is 5.32 Å². The van der Waals surface area contributed by atoms with Crippen LogP contribution in [0.4, 0.5) is 10.3 Å². The zero-order chi connectivity index (χ0) is 21.3. The van der Waals surface area contributed by atoms with Gasteiger partial charge in [0.1, 0.15) is 10.7 Å². The predicted molar refractivity (Wildman–Crippen MR) is 109 cm³/mol. The molecule has 0 aliphatic carbocycles. The van der Waals surface area contributed by atoms with Crippen molar-refractivity contribution in [2.45, 2.75) is 6.54 Å². The van der Waals surface area contributed by atoms with Crippen molar-refractivity contribution in [3.8, 4) is 10.7 Å². The standard InChI is InChI=1S/C19H14FN7O2S/c20-10-4-1-3-9(7-10)8-23-19-25-17(24-18(26-19)16(22)29)14-11-5-2-6-12(15(21)28)13(11)27-30-14/h1-7H,8H2,(H2,21,28)(H2,22,29)(H,23,24,25,26). The first-order chi connectivity index (χ1) is 14.4. The summed E-state index contributed by atoms with van der Waals surface area (Å²) in [7, 11) is 0. The molecule has 0 aliphatic heterocycles. The van der Waals surface area contributed by atoms with Crippen molar-refractivity contribution >= 4 is 40.2 Å². The lowest BCUT2D eigenvalue weighted by atomic mass is 10.1. The maximum Gasteiger partial charge on any atom is 0.286 e. The Hall–Kier alpha value is -3.99. The number of hydrogen-bond acceptors (Lipinski definition) is 8. The van der Waals surface area contributed by atoms with Gasteiger partial charge in [0, 0.05) is 11.9 Å². The van der Waals surface area contributed by atoms with Crippen LogP contribution >= 0.6 is 11.5 Å². The number of primary amides is 2. The highest BCUT2D eigenvalue weighted by molar-refractivity contribution is 7.11. The molecule has 9 nitrogen and oxygen atoms in total. The maximum absolute atomic E-state index is 13.4. The molecule has 0 spiro atoms. The summed E-state index contributed by atoms with van der Waals surface area (Å²) in [5.41, 5.74) is 12.1. The van der Waals surface area contributed by atoms with E-state index in [1.54, 1.807) is 30.3 Å². The van der Waals surface area contributed by atoms with Crippen molar-refractivity contribution in [3.63, 3.8) is 0 Å². The van der Waals surface area contributed by atoms with Gasteiger partial charge in [-0.25, -0.2) is 9.37 Å². The van der Waals surface area contributed by atoms with E-state index in [1.807, 2.05) is 0 Å². The first kappa shape index (κ1) is 19.3. The fourth-order valence-electron chi connectivity index (χ4n) is 2.82. The minimum Gasteiger partial charge on any atom is -0.366 e. The maximum atomic E-state index is 13.4. The van der Waals surface area contributed by atoms with Gasteiger partial charge >= 0.3 is 0 Å². The molecule has 0 saturated heterocycles. The van der Waals surface area contributed by atoms with Crippen LogP contribution in [0.3, 0.4) is 0 Å². The van der Waals surface area contributed by atoms with E-state index in [1.165, 1.54) is 12.1 Å². The van der Waals surface area contributed by atoms with Gasteiger partial charge in [-0.1, -0.05) is 24.3 Å². The second-order valence-electron chi connectivity index (χ2n) is 6.23. The molecule has 2 aromatic heterocycles. The number of aromatic nitrogens is 4. The molecular formula is C19H14FN7O2S. The van der Waals surface area contributed by atoms with Crippen molar-refractivity contribution in [1.82, 2.24) is 19.3 Å². The van der Waals surface area contributed by atoms with Crippen LogP contribution in [-0.2, 0) is 6.54 Å². The Kier molecular flexibility index (Phi) is 5.02. The Morgan fingerprint density at radius 1 is 1.03 bits per heavy atom. The predicted octanol–water partition coefficient (Wildman–Crippen LogP) is 2.10. The number of amides is 2. The third-order valence-electron chi connectivity index (χ3n) is 4.17. The summed E-state index contributed by atoms with van der Waals surface area (Å²) in [6.45, 7) is 0.217. The average molecular weight is 423 g/mol. The Morgan fingerprint density at radius 2 is 1.83 bits per heavy atom. The lowest BCUT2D eigenvalue weighted by Gasteiger charge is -2.08. The van der Waals surface area contributed by atoms with Gasteiger partial charge in [-0.15, -0.1) is 0 Å². The molecular weight excluding hydrogens is 409 g/mol. The van der Waals surface area contributed by atoms with E-state index >= 15 is 0 Å². The summed E-state index contributed by atoms with van der Waals surface area (Å²) in [5.74, 6) is -1.80. The second kappa shape index (κ2) is 7.79. The molecule has 0 unspecified atom stereocenters. The largest absolute Gasteiger partial charge is 0.366 e. The van der Waals surface area contributed by atoms with Crippen molar-refractivity contribution in [1.29, 1.82) is 0 Å². The number of rotatable bonds is 6. The molecule has 30 heavy (non-hydrogen) atoms. The van der Waals surface area contributed by atoms with Gasteiger partial charge in [-0.05, 0) is 35.3 Å². The minimum absolute atomic E-state index is 0.0886. The normalized spacial score (nSPS) is 10.8. The topological polar surface area (TPSA) is 150 Å². The van der Waals surface area contributed by atoms with E-state index in [0.717, 1.165) is 11.5 Å². The lowest BCUT2D eigenvalue weighted by Crippen LogP contribution is -2.18. The molecule has 0 saturated carbocycles. The van der Waals surface area contributed by atoms with Crippen LogP contribution in [-0.4, -0.2) is 31.1 Å². The summed E-state index contributed by atoms with van der Waals surface area (Å²) < 4.78 is 17.7. The van der Waals surface area contributed by atoms with E-state index < -0.39 is 11.8 Å². The first-order valence-electron chi connectivity index (χ1n) is 8.65. The van der Waals surface area contributed by atoms with Crippen LogP contribution in [0.25, 0.3) is 21.6 Å². The number of fused-ring (bicyclic) bond motifs is 1. The quantitative estimate of drug-likeness (QED) is 0.430. The highest BCUT2D eigenvalue weighted by Crippen LogP contribution is 2.32. The molecule has 4 rings (SSSR count). The number of nitrogens with zero attached hydrogens (tertiary/aromatic N) is 4. The summed E-state index contributed by atoms with van der Waals surface area (Å²) in [6.07, 6.45) is 0. The first-order valence-corrected chi connectivity index (χ1v) is 9.42. The molecule has 0 bridgehead atoms. The number of nitrogens with two attached hydrogens (primary N) is 2. The number of anilines is 1. The highest BCUT2D eigenvalue weighted by Gasteiger charge is 2.19. The van der Waals surface area contributed by atoms with Crippen LogP contribution in [0.2, 0.25) is 0 Å². The van der Waals surface area contributed by atoms with Crippen molar-refractivity contribution in [3.05, 3.63) is 65.2 Å². The molecule has 4 aromatic rings. The highest BCUT2D eigenvalue weighted by atomic mass is 32.1. The van der Waals surface area contributed by atoms with E-state index in [4.69, 9.17) is 11.5 Å².